The van der Waals surface area contributed by atoms with Crippen molar-refractivity contribution < 1.29 is 4.74 Å². The van der Waals surface area contributed by atoms with Crippen LogP contribution in [-0.4, -0.2) is 25.2 Å². The maximum atomic E-state index is 5.80. The zero-order valence-corrected chi connectivity index (χ0v) is 12.0. The van der Waals surface area contributed by atoms with E-state index in [4.69, 9.17) is 4.74 Å². The number of nitrogens with one attached hydrogen (secondary N) is 2. The van der Waals surface area contributed by atoms with E-state index in [1.165, 1.54) is 44.2 Å². The van der Waals surface area contributed by atoms with Crippen LogP contribution in [0.5, 0.6) is 5.75 Å². The molecule has 1 saturated heterocycles. The van der Waals surface area contributed by atoms with Gasteiger partial charge in [0.1, 0.15) is 12.4 Å². The third-order valence-corrected chi connectivity index (χ3v) is 5.30. The lowest BCUT2D eigenvalue weighted by atomic mass is 9.92. The molecule has 1 aromatic carbocycles. The molecule has 1 aliphatic carbocycles. The molecule has 2 N–H and O–H groups in total. The van der Waals surface area contributed by atoms with Crippen LogP contribution in [0.1, 0.15) is 43.7 Å². The highest BCUT2D eigenvalue weighted by Gasteiger charge is 2.37. The van der Waals surface area contributed by atoms with E-state index in [1.807, 2.05) is 0 Å². The van der Waals surface area contributed by atoms with Crippen molar-refractivity contribution in [1.82, 2.24) is 10.6 Å². The van der Waals surface area contributed by atoms with Gasteiger partial charge in [-0.1, -0.05) is 24.6 Å². The van der Waals surface area contributed by atoms with Crippen molar-refractivity contribution in [3.63, 3.8) is 0 Å². The Bertz CT molecular complexity index is 470. The first-order valence-electron chi connectivity index (χ1n) is 8.13. The summed E-state index contributed by atoms with van der Waals surface area (Å²) in [5, 5.41) is 7.60. The van der Waals surface area contributed by atoms with Gasteiger partial charge in [0.05, 0.1) is 6.04 Å². The van der Waals surface area contributed by atoms with Gasteiger partial charge in [-0.3, -0.25) is 0 Å². The van der Waals surface area contributed by atoms with Gasteiger partial charge in [0.15, 0.2) is 0 Å². The maximum absolute atomic E-state index is 5.80. The van der Waals surface area contributed by atoms with Crippen LogP contribution in [0.3, 0.4) is 0 Å². The molecule has 20 heavy (non-hydrogen) atoms. The third kappa shape index (κ3) is 2.23. The van der Waals surface area contributed by atoms with Crippen molar-refractivity contribution in [3.05, 3.63) is 29.8 Å². The lowest BCUT2D eigenvalue weighted by Gasteiger charge is -2.28. The Morgan fingerprint density at radius 2 is 2.05 bits per heavy atom. The first-order valence-corrected chi connectivity index (χ1v) is 8.13. The molecule has 2 heterocycles. The van der Waals surface area contributed by atoms with Crippen molar-refractivity contribution in [3.8, 4) is 5.75 Å². The molecule has 3 heteroatoms. The number of benzene rings is 1. The van der Waals surface area contributed by atoms with Gasteiger partial charge in [0.25, 0.3) is 0 Å². The minimum Gasteiger partial charge on any atom is -0.491 e. The van der Waals surface area contributed by atoms with E-state index >= 15 is 0 Å². The van der Waals surface area contributed by atoms with E-state index in [0.717, 1.165) is 24.3 Å². The molecule has 4 rings (SSSR count). The van der Waals surface area contributed by atoms with Crippen molar-refractivity contribution in [2.75, 3.05) is 13.2 Å². The Hall–Kier alpha value is -1.06. The van der Waals surface area contributed by atoms with Crippen molar-refractivity contribution in [1.29, 1.82) is 0 Å². The minimum atomic E-state index is 0.387. The van der Waals surface area contributed by atoms with Gasteiger partial charge in [0.2, 0.25) is 0 Å². The molecule has 0 bridgehead atoms. The highest BCUT2D eigenvalue weighted by molar-refractivity contribution is 5.39. The topological polar surface area (TPSA) is 33.3 Å². The molecular formula is C17H24N2O. The number of para-hydroxylation sites is 1. The predicted molar refractivity (Wildman–Crippen MR) is 80.0 cm³/mol. The molecule has 3 aliphatic rings. The monoisotopic (exact) mass is 272 g/mol. The number of rotatable bonds is 3. The summed E-state index contributed by atoms with van der Waals surface area (Å²) in [5.41, 5.74) is 1.34. The van der Waals surface area contributed by atoms with Crippen LogP contribution < -0.4 is 15.4 Å². The predicted octanol–water partition coefficient (Wildman–Crippen LogP) is 2.63. The molecule has 0 spiro atoms. The van der Waals surface area contributed by atoms with E-state index in [0.29, 0.717) is 12.1 Å². The van der Waals surface area contributed by atoms with Gasteiger partial charge in [0, 0.05) is 17.6 Å². The SMILES string of the molecule is c1ccc2c(c1)OCC2NC1CCCC1C1CCCN1. The number of fused-ring (bicyclic) bond motifs is 1. The highest BCUT2D eigenvalue weighted by Crippen LogP contribution is 2.37. The van der Waals surface area contributed by atoms with Gasteiger partial charge < -0.3 is 15.4 Å². The summed E-state index contributed by atoms with van der Waals surface area (Å²) in [6, 6.07) is 10.3. The summed E-state index contributed by atoms with van der Waals surface area (Å²) in [5.74, 6) is 1.88. The highest BCUT2D eigenvalue weighted by atomic mass is 16.5. The Kier molecular flexibility index (Phi) is 3.41. The molecule has 0 amide bonds. The van der Waals surface area contributed by atoms with E-state index in [2.05, 4.69) is 34.9 Å². The molecular weight excluding hydrogens is 248 g/mol. The normalized spacial score (nSPS) is 36.0. The fourth-order valence-electron chi connectivity index (χ4n) is 4.31. The van der Waals surface area contributed by atoms with Gasteiger partial charge in [-0.2, -0.15) is 0 Å². The van der Waals surface area contributed by atoms with Crippen LogP contribution in [0.4, 0.5) is 0 Å². The number of hydrogen-bond acceptors (Lipinski definition) is 3. The number of ether oxygens (including phenoxy) is 1. The molecule has 4 atom stereocenters. The summed E-state index contributed by atoms with van der Waals surface area (Å²) < 4.78 is 5.80. The molecule has 2 fully saturated rings. The van der Waals surface area contributed by atoms with Crippen molar-refractivity contribution in [2.24, 2.45) is 5.92 Å². The zero-order valence-electron chi connectivity index (χ0n) is 12.0. The molecule has 3 nitrogen and oxygen atoms in total. The van der Waals surface area contributed by atoms with Gasteiger partial charge >= 0.3 is 0 Å². The molecule has 108 valence electrons. The second-order valence-electron chi connectivity index (χ2n) is 6.47. The Morgan fingerprint density at radius 1 is 1.10 bits per heavy atom. The number of hydrogen-bond donors (Lipinski definition) is 2. The van der Waals surface area contributed by atoms with Gasteiger partial charge in [-0.05, 0) is 44.2 Å². The van der Waals surface area contributed by atoms with Crippen LogP contribution in [0.2, 0.25) is 0 Å². The lowest BCUT2D eigenvalue weighted by molar-refractivity contribution is 0.260. The first kappa shape index (κ1) is 12.7. The van der Waals surface area contributed by atoms with Crippen molar-refractivity contribution >= 4 is 0 Å². The second-order valence-corrected chi connectivity index (χ2v) is 6.47. The molecule has 4 unspecified atom stereocenters. The summed E-state index contributed by atoms with van der Waals surface area (Å²) in [6.07, 6.45) is 6.78. The van der Waals surface area contributed by atoms with E-state index in [9.17, 15) is 0 Å². The minimum absolute atomic E-state index is 0.387. The Balaban J connectivity index is 1.46. The standard InChI is InChI=1S/C17H24N2O/c1-2-9-17-13(5-1)16(11-20-17)19-15-7-3-6-12(15)14-8-4-10-18-14/h1-2,5,9,12,14-16,18-19H,3-4,6-8,10-11H2. The summed E-state index contributed by atoms with van der Waals surface area (Å²) >= 11 is 0. The Labute approximate surface area is 121 Å². The molecule has 0 aromatic heterocycles. The summed E-state index contributed by atoms with van der Waals surface area (Å²) in [6.45, 7) is 2.00. The quantitative estimate of drug-likeness (QED) is 0.887. The largest absolute Gasteiger partial charge is 0.491 e. The summed E-state index contributed by atoms with van der Waals surface area (Å²) in [7, 11) is 0. The first-order chi connectivity index (χ1) is 9.92. The summed E-state index contributed by atoms with van der Waals surface area (Å²) in [4.78, 5) is 0. The van der Waals surface area contributed by atoms with E-state index < -0.39 is 0 Å². The zero-order chi connectivity index (χ0) is 13.4. The van der Waals surface area contributed by atoms with Crippen LogP contribution in [0.15, 0.2) is 24.3 Å². The van der Waals surface area contributed by atoms with Crippen LogP contribution in [0, 0.1) is 5.92 Å². The van der Waals surface area contributed by atoms with Crippen molar-refractivity contribution in [2.45, 2.75) is 50.2 Å². The maximum Gasteiger partial charge on any atom is 0.124 e. The van der Waals surface area contributed by atoms with Gasteiger partial charge in [-0.15, -0.1) is 0 Å². The Morgan fingerprint density at radius 3 is 2.95 bits per heavy atom. The smallest absolute Gasteiger partial charge is 0.124 e. The van der Waals surface area contributed by atoms with E-state index in [1.54, 1.807) is 0 Å². The third-order valence-electron chi connectivity index (χ3n) is 5.30. The molecule has 1 saturated carbocycles. The fraction of sp³-hybridized carbons (Fsp3) is 0.647. The average Bonchev–Trinajstić information content (AvgIpc) is 3.19. The van der Waals surface area contributed by atoms with E-state index in [-0.39, 0.29) is 0 Å². The second kappa shape index (κ2) is 5.38. The lowest BCUT2D eigenvalue weighted by Crippen LogP contribution is -2.43. The molecule has 1 aromatic rings. The van der Waals surface area contributed by atoms with Crippen LogP contribution in [-0.2, 0) is 0 Å². The average molecular weight is 272 g/mol. The van der Waals surface area contributed by atoms with Crippen LogP contribution in [0.25, 0.3) is 0 Å². The van der Waals surface area contributed by atoms with Crippen LogP contribution >= 0.6 is 0 Å². The van der Waals surface area contributed by atoms with Gasteiger partial charge in [-0.25, -0.2) is 0 Å². The fourth-order valence-corrected chi connectivity index (χ4v) is 4.31. The molecule has 2 aliphatic heterocycles. The molecule has 0 radical (unpaired) electrons.